The summed E-state index contributed by atoms with van der Waals surface area (Å²) in [7, 11) is 3.67. The Kier molecular flexibility index (Phi) is 4.56. The first kappa shape index (κ1) is 15.0. The van der Waals surface area contributed by atoms with E-state index in [0.717, 1.165) is 11.3 Å². The molecule has 0 spiro atoms. The van der Waals surface area contributed by atoms with Crippen LogP contribution in [0.15, 0.2) is 6.20 Å². The van der Waals surface area contributed by atoms with Crippen molar-refractivity contribution in [1.29, 1.82) is 0 Å². The molecule has 114 valence electrons. The maximum Gasteiger partial charge on any atom is 0.323 e. The van der Waals surface area contributed by atoms with Crippen molar-refractivity contribution in [1.82, 2.24) is 24.7 Å². The molecule has 0 radical (unpaired) electrons. The summed E-state index contributed by atoms with van der Waals surface area (Å²) < 4.78 is 7.35. The van der Waals surface area contributed by atoms with Crippen molar-refractivity contribution in [3.63, 3.8) is 0 Å². The second-order valence-electron chi connectivity index (χ2n) is 4.91. The average Bonchev–Trinajstić information content (AvgIpc) is 2.75. The molecule has 0 unspecified atom stereocenters. The number of anilines is 2. The van der Waals surface area contributed by atoms with E-state index in [1.165, 1.54) is 0 Å². The number of hydrogen-bond acceptors (Lipinski definition) is 7. The van der Waals surface area contributed by atoms with Crippen LogP contribution >= 0.6 is 0 Å². The van der Waals surface area contributed by atoms with Crippen molar-refractivity contribution < 1.29 is 4.74 Å². The summed E-state index contributed by atoms with van der Waals surface area (Å²) in [5, 5.41) is 10.3. The first-order valence-corrected chi connectivity index (χ1v) is 6.81. The van der Waals surface area contributed by atoms with E-state index in [1.54, 1.807) is 7.05 Å². The van der Waals surface area contributed by atoms with Gasteiger partial charge in [0, 0.05) is 31.9 Å². The Bertz CT molecular complexity index is 609. The van der Waals surface area contributed by atoms with Gasteiger partial charge in [0.1, 0.15) is 0 Å². The molecule has 2 aromatic heterocycles. The zero-order valence-corrected chi connectivity index (χ0v) is 13.0. The lowest BCUT2D eigenvalue weighted by atomic mass is 10.2. The van der Waals surface area contributed by atoms with E-state index in [-0.39, 0.29) is 6.10 Å². The lowest BCUT2D eigenvalue weighted by Crippen LogP contribution is -2.13. The molecule has 0 atom stereocenters. The smallest absolute Gasteiger partial charge is 0.323 e. The Labute approximate surface area is 124 Å². The summed E-state index contributed by atoms with van der Waals surface area (Å²) in [6.07, 6.45) is 1.83. The van der Waals surface area contributed by atoms with E-state index in [0.29, 0.717) is 24.5 Å². The van der Waals surface area contributed by atoms with Crippen molar-refractivity contribution in [2.45, 2.75) is 33.4 Å². The predicted octanol–water partition coefficient (Wildman–Crippen LogP) is 1.35. The van der Waals surface area contributed by atoms with Gasteiger partial charge in [-0.2, -0.15) is 20.1 Å². The van der Waals surface area contributed by atoms with Gasteiger partial charge in [-0.15, -0.1) is 0 Å². The van der Waals surface area contributed by atoms with Gasteiger partial charge in [0.2, 0.25) is 11.9 Å². The van der Waals surface area contributed by atoms with Gasteiger partial charge in [-0.25, -0.2) is 0 Å². The molecule has 2 N–H and O–H groups in total. The molecule has 8 heteroatoms. The van der Waals surface area contributed by atoms with Crippen LogP contribution in [0.25, 0.3) is 0 Å². The molecule has 2 heterocycles. The number of aryl methyl sites for hydroxylation is 1. The Morgan fingerprint density at radius 3 is 2.52 bits per heavy atom. The largest absolute Gasteiger partial charge is 0.461 e. The number of rotatable bonds is 6. The highest BCUT2D eigenvalue weighted by Gasteiger charge is 2.09. The van der Waals surface area contributed by atoms with Gasteiger partial charge in [-0.1, -0.05) is 0 Å². The third-order valence-corrected chi connectivity index (χ3v) is 2.95. The van der Waals surface area contributed by atoms with Crippen LogP contribution in [-0.4, -0.2) is 37.9 Å². The quantitative estimate of drug-likeness (QED) is 0.830. The first-order valence-electron chi connectivity index (χ1n) is 6.81. The van der Waals surface area contributed by atoms with Crippen molar-refractivity contribution in [3.05, 3.63) is 17.5 Å². The molecule has 0 aliphatic heterocycles. The number of hydrogen-bond donors (Lipinski definition) is 2. The Morgan fingerprint density at radius 1 is 1.24 bits per heavy atom. The highest BCUT2D eigenvalue weighted by Crippen LogP contribution is 2.14. The minimum absolute atomic E-state index is 0.00511. The van der Waals surface area contributed by atoms with E-state index in [9.17, 15) is 0 Å². The molecule has 0 bridgehead atoms. The van der Waals surface area contributed by atoms with Gasteiger partial charge in [0.15, 0.2) is 0 Å². The van der Waals surface area contributed by atoms with Crippen molar-refractivity contribution >= 4 is 11.9 Å². The standard InChI is InChI=1S/C13H21N7O/c1-8(2)21-13-18-11(14-4)17-12(19-13)15-6-10-7-16-20(5)9(10)3/h7-8H,6H2,1-5H3,(H2,14,15,17,18,19). The molecule has 0 saturated heterocycles. The molecular weight excluding hydrogens is 270 g/mol. The Balaban J connectivity index is 2.13. The van der Waals surface area contributed by atoms with E-state index < -0.39 is 0 Å². The van der Waals surface area contributed by atoms with Crippen LogP contribution in [0.3, 0.4) is 0 Å². The summed E-state index contributed by atoms with van der Waals surface area (Å²) in [6, 6.07) is 0.301. The molecule has 0 aromatic carbocycles. The maximum absolute atomic E-state index is 5.52. The topological polar surface area (TPSA) is 89.8 Å². The summed E-state index contributed by atoms with van der Waals surface area (Å²) in [4.78, 5) is 12.7. The lowest BCUT2D eigenvalue weighted by molar-refractivity contribution is 0.222. The summed E-state index contributed by atoms with van der Waals surface area (Å²) in [5.41, 5.74) is 2.19. The van der Waals surface area contributed by atoms with Gasteiger partial charge in [0.05, 0.1) is 12.3 Å². The number of ether oxygens (including phenoxy) is 1. The number of aromatic nitrogens is 5. The molecule has 0 aliphatic rings. The lowest BCUT2D eigenvalue weighted by Gasteiger charge is -2.11. The highest BCUT2D eigenvalue weighted by molar-refractivity contribution is 5.36. The number of nitrogens with one attached hydrogen (secondary N) is 2. The monoisotopic (exact) mass is 291 g/mol. The van der Waals surface area contributed by atoms with E-state index >= 15 is 0 Å². The van der Waals surface area contributed by atoms with Crippen molar-refractivity contribution in [2.75, 3.05) is 17.7 Å². The van der Waals surface area contributed by atoms with Crippen LogP contribution < -0.4 is 15.4 Å². The third-order valence-electron chi connectivity index (χ3n) is 2.95. The zero-order chi connectivity index (χ0) is 15.4. The summed E-state index contributed by atoms with van der Waals surface area (Å²) >= 11 is 0. The van der Waals surface area contributed by atoms with Crippen LogP contribution in [0.2, 0.25) is 0 Å². The van der Waals surface area contributed by atoms with Crippen molar-refractivity contribution in [3.8, 4) is 6.01 Å². The van der Waals surface area contributed by atoms with Crippen molar-refractivity contribution in [2.24, 2.45) is 7.05 Å². The second kappa shape index (κ2) is 6.38. The van der Waals surface area contributed by atoms with Gasteiger partial charge >= 0.3 is 6.01 Å². The predicted molar refractivity (Wildman–Crippen MR) is 80.4 cm³/mol. The molecular formula is C13H21N7O. The van der Waals surface area contributed by atoms with E-state index in [4.69, 9.17) is 4.74 Å². The third kappa shape index (κ3) is 3.80. The molecule has 0 saturated carbocycles. The zero-order valence-electron chi connectivity index (χ0n) is 13.0. The Morgan fingerprint density at radius 2 is 1.95 bits per heavy atom. The molecule has 0 fully saturated rings. The summed E-state index contributed by atoms with van der Waals surface area (Å²) in [6.45, 7) is 6.46. The van der Waals surface area contributed by atoms with Crippen LogP contribution in [0.4, 0.5) is 11.9 Å². The Hall–Kier alpha value is -2.38. The fourth-order valence-corrected chi connectivity index (χ4v) is 1.70. The molecule has 0 aliphatic carbocycles. The average molecular weight is 291 g/mol. The minimum Gasteiger partial charge on any atom is -0.461 e. The van der Waals surface area contributed by atoms with Crippen LogP contribution in [-0.2, 0) is 13.6 Å². The van der Waals surface area contributed by atoms with Gasteiger partial charge in [0.25, 0.3) is 0 Å². The van der Waals surface area contributed by atoms with E-state index in [2.05, 4.69) is 30.7 Å². The maximum atomic E-state index is 5.52. The molecule has 2 rings (SSSR count). The first-order chi connectivity index (χ1) is 9.99. The van der Waals surface area contributed by atoms with Gasteiger partial charge < -0.3 is 15.4 Å². The normalized spacial score (nSPS) is 10.8. The fraction of sp³-hybridized carbons (Fsp3) is 0.538. The van der Waals surface area contributed by atoms with Crippen LogP contribution in [0, 0.1) is 6.92 Å². The van der Waals surface area contributed by atoms with Gasteiger partial charge in [-0.05, 0) is 20.8 Å². The fourth-order valence-electron chi connectivity index (χ4n) is 1.70. The summed E-state index contributed by atoms with van der Waals surface area (Å²) in [5.74, 6) is 0.930. The molecule has 8 nitrogen and oxygen atoms in total. The second-order valence-corrected chi connectivity index (χ2v) is 4.91. The number of nitrogens with zero attached hydrogens (tertiary/aromatic N) is 5. The van der Waals surface area contributed by atoms with Crippen LogP contribution in [0.1, 0.15) is 25.1 Å². The highest BCUT2D eigenvalue weighted by atomic mass is 16.5. The molecule has 2 aromatic rings. The minimum atomic E-state index is 0.00511. The van der Waals surface area contributed by atoms with Crippen LogP contribution in [0.5, 0.6) is 6.01 Å². The van der Waals surface area contributed by atoms with Gasteiger partial charge in [-0.3, -0.25) is 4.68 Å². The SMILES string of the molecule is CNc1nc(NCc2cnn(C)c2C)nc(OC(C)C)n1. The molecule has 0 amide bonds. The molecule has 21 heavy (non-hydrogen) atoms. The van der Waals surface area contributed by atoms with E-state index in [1.807, 2.05) is 38.7 Å².